The van der Waals surface area contributed by atoms with Gasteiger partial charge in [0.25, 0.3) is 5.91 Å². The summed E-state index contributed by atoms with van der Waals surface area (Å²) in [7, 11) is 0. The Kier molecular flexibility index (Phi) is 6.23. The van der Waals surface area contributed by atoms with Gasteiger partial charge in [-0.2, -0.15) is 0 Å². The molecule has 0 spiro atoms. The van der Waals surface area contributed by atoms with Crippen LogP contribution in [0.25, 0.3) is 0 Å². The van der Waals surface area contributed by atoms with Crippen LogP contribution in [-0.4, -0.2) is 30.1 Å². The Balaban J connectivity index is 1.57. The van der Waals surface area contributed by atoms with Gasteiger partial charge in [0.1, 0.15) is 12.4 Å². The van der Waals surface area contributed by atoms with Crippen molar-refractivity contribution in [3.05, 3.63) is 58.9 Å². The van der Waals surface area contributed by atoms with Crippen LogP contribution in [0.1, 0.15) is 46.3 Å². The minimum Gasteiger partial charge on any atom is -0.488 e. The number of rotatable bonds is 7. The molecule has 0 aliphatic carbocycles. The third-order valence-electron chi connectivity index (χ3n) is 4.60. The zero-order valence-corrected chi connectivity index (χ0v) is 15.5. The zero-order chi connectivity index (χ0) is 18.4. The molecule has 1 saturated heterocycles. The van der Waals surface area contributed by atoms with E-state index in [-0.39, 0.29) is 5.91 Å². The molecule has 1 fully saturated rings. The number of nitrogens with zero attached hydrogens (tertiary/aromatic N) is 1. The van der Waals surface area contributed by atoms with E-state index in [1.54, 1.807) is 12.4 Å². The number of aryl methyl sites for hydroxylation is 2. The van der Waals surface area contributed by atoms with Gasteiger partial charge in [-0.25, -0.2) is 0 Å². The van der Waals surface area contributed by atoms with Crippen LogP contribution in [0, 0.1) is 13.8 Å². The van der Waals surface area contributed by atoms with Gasteiger partial charge < -0.3 is 14.8 Å². The molecular weight excluding hydrogens is 328 g/mol. The molecular formula is C21H26N2O3. The Morgan fingerprint density at radius 3 is 2.81 bits per heavy atom. The highest BCUT2D eigenvalue weighted by Gasteiger charge is 2.16. The monoisotopic (exact) mass is 354 g/mol. The van der Waals surface area contributed by atoms with Crippen molar-refractivity contribution in [3.8, 4) is 5.75 Å². The maximum atomic E-state index is 12.4. The fraction of sp³-hybridized carbons (Fsp3) is 0.429. The number of carbonyl (C=O) groups excluding carboxylic acids is 1. The number of pyridine rings is 1. The number of hydrogen-bond acceptors (Lipinski definition) is 4. The summed E-state index contributed by atoms with van der Waals surface area (Å²) in [5.41, 5.74) is 3.60. The Morgan fingerprint density at radius 1 is 1.35 bits per heavy atom. The van der Waals surface area contributed by atoms with Gasteiger partial charge in [0.15, 0.2) is 0 Å². The Hall–Kier alpha value is -2.40. The molecule has 5 heteroatoms. The topological polar surface area (TPSA) is 60.5 Å². The highest BCUT2D eigenvalue weighted by molar-refractivity contribution is 5.94. The van der Waals surface area contributed by atoms with Gasteiger partial charge >= 0.3 is 0 Å². The first-order valence-corrected chi connectivity index (χ1v) is 9.16. The summed E-state index contributed by atoms with van der Waals surface area (Å²) in [5.74, 6) is 0.776. The number of hydrogen-bond donors (Lipinski definition) is 1. The third-order valence-corrected chi connectivity index (χ3v) is 4.60. The van der Waals surface area contributed by atoms with Crippen molar-refractivity contribution in [2.75, 3.05) is 13.2 Å². The molecule has 26 heavy (non-hydrogen) atoms. The van der Waals surface area contributed by atoms with Crippen molar-refractivity contribution < 1.29 is 14.3 Å². The Morgan fingerprint density at radius 2 is 2.15 bits per heavy atom. The van der Waals surface area contributed by atoms with Crippen LogP contribution >= 0.6 is 0 Å². The van der Waals surface area contributed by atoms with Crippen LogP contribution in [0.15, 0.2) is 36.7 Å². The second-order valence-electron chi connectivity index (χ2n) is 6.77. The molecule has 0 unspecified atom stereocenters. The predicted molar refractivity (Wildman–Crippen MR) is 100 cm³/mol. The normalized spacial score (nSPS) is 16.5. The van der Waals surface area contributed by atoms with Gasteiger partial charge in [0.2, 0.25) is 0 Å². The number of amides is 1. The predicted octanol–water partition coefficient (Wildman–Crippen LogP) is 3.58. The lowest BCUT2D eigenvalue weighted by Crippen LogP contribution is -2.27. The fourth-order valence-corrected chi connectivity index (χ4v) is 3.27. The van der Waals surface area contributed by atoms with E-state index in [1.807, 2.05) is 38.1 Å². The quantitative estimate of drug-likeness (QED) is 0.826. The molecule has 1 aromatic heterocycles. The van der Waals surface area contributed by atoms with Crippen LogP contribution in [0.3, 0.4) is 0 Å². The van der Waals surface area contributed by atoms with Crippen molar-refractivity contribution >= 4 is 5.91 Å². The van der Waals surface area contributed by atoms with Gasteiger partial charge in [0, 0.05) is 36.7 Å². The van der Waals surface area contributed by atoms with Crippen LogP contribution in [0.2, 0.25) is 0 Å². The molecule has 0 saturated carbocycles. The molecule has 2 aromatic rings. The van der Waals surface area contributed by atoms with E-state index >= 15 is 0 Å². The molecule has 5 nitrogen and oxygen atoms in total. The van der Waals surface area contributed by atoms with E-state index in [1.165, 1.54) is 0 Å². The molecule has 1 amide bonds. The molecule has 0 bridgehead atoms. The Labute approximate surface area is 154 Å². The molecule has 1 atom stereocenters. The van der Waals surface area contributed by atoms with E-state index in [0.29, 0.717) is 24.8 Å². The summed E-state index contributed by atoms with van der Waals surface area (Å²) in [4.78, 5) is 16.5. The largest absolute Gasteiger partial charge is 0.488 e. The van der Waals surface area contributed by atoms with E-state index in [9.17, 15) is 4.79 Å². The molecule has 1 aromatic carbocycles. The summed E-state index contributed by atoms with van der Waals surface area (Å²) < 4.78 is 11.5. The van der Waals surface area contributed by atoms with Gasteiger partial charge in [-0.3, -0.25) is 9.78 Å². The molecule has 2 heterocycles. The first-order valence-electron chi connectivity index (χ1n) is 9.16. The average Bonchev–Trinajstić information content (AvgIpc) is 3.15. The number of nitrogens with one attached hydrogen (secondary N) is 1. The SMILES string of the molecule is Cc1cc(C(=O)NCC[C@H]2CCCO2)cc(C)c1OCc1cccnc1. The minimum atomic E-state index is -0.0481. The first kappa shape index (κ1) is 18.4. The lowest BCUT2D eigenvalue weighted by Gasteiger charge is -2.15. The summed E-state index contributed by atoms with van der Waals surface area (Å²) >= 11 is 0. The van der Waals surface area contributed by atoms with Gasteiger partial charge in [-0.05, 0) is 62.4 Å². The van der Waals surface area contributed by atoms with Crippen molar-refractivity contribution in [1.29, 1.82) is 0 Å². The van der Waals surface area contributed by atoms with Crippen molar-refractivity contribution in [2.45, 2.75) is 45.8 Å². The maximum absolute atomic E-state index is 12.4. The van der Waals surface area contributed by atoms with E-state index < -0.39 is 0 Å². The summed E-state index contributed by atoms with van der Waals surface area (Å²) in [6.07, 6.45) is 6.92. The zero-order valence-electron chi connectivity index (χ0n) is 15.5. The molecule has 0 radical (unpaired) electrons. The second kappa shape index (κ2) is 8.81. The molecule has 1 aliphatic rings. The first-order chi connectivity index (χ1) is 12.6. The average molecular weight is 354 g/mol. The van der Waals surface area contributed by atoms with Crippen molar-refractivity contribution in [3.63, 3.8) is 0 Å². The summed E-state index contributed by atoms with van der Waals surface area (Å²) in [6, 6.07) is 7.63. The van der Waals surface area contributed by atoms with Crippen LogP contribution < -0.4 is 10.1 Å². The number of ether oxygens (including phenoxy) is 2. The molecule has 1 aliphatic heterocycles. The van der Waals surface area contributed by atoms with Gasteiger partial charge in [-0.15, -0.1) is 0 Å². The van der Waals surface area contributed by atoms with Gasteiger partial charge in [0.05, 0.1) is 6.10 Å². The summed E-state index contributed by atoms with van der Waals surface area (Å²) in [5, 5.41) is 2.99. The Bertz CT molecular complexity index is 717. The smallest absolute Gasteiger partial charge is 0.251 e. The fourth-order valence-electron chi connectivity index (χ4n) is 3.27. The van der Waals surface area contributed by atoms with Crippen LogP contribution in [0.5, 0.6) is 5.75 Å². The third kappa shape index (κ3) is 4.82. The number of aromatic nitrogens is 1. The van der Waals surface area contributed by atoms with E-state index in [0.717, 1.165) is 48.3 Å². The molecule has 1 N–H and O–H groups in total. The maximum Gasteiger partial charge on any atom is 0.251 e. The van der Waals surface area contributed by atoms with E-state index in [2.05, 4.69) is 10.3 Å². The minimum absolute atomic E-state index is 0.0481. The van der Waals surface area contributed by atoms with Crippen LogP contribution in [-0.2, 0) is 11.3 Å². The van der Waals surface area contributed by atoms with Gasteiger partial charge in [-0.1, -0.05) is 6.07 Å². The second-order valence-corrected chi connectivity index (χ2v) is 6.77. The highest BCUT2D eigenvalue weighted by atomic mass is 16.5. The van der Waals surface area contributed by atoms with Crippen molar-refractivity contribution in [1.82, 2.24) is 10.3 Å². The van der Waals surface area contributed by atoms with Crippen molar-refractivity contribution in [2.24, 2.45) is 0 Å². The molecule has 138 valence electrons. The summed E-state index contributed by atoms with van der Waals surface area (Å²) in [6.45, 7) is 5.88. The highest BCUT2D eigenvalue weighted by Crippen LogP contribution is 2.26. The standard InChI is InChI=1S/C21H26N2O3/c1-15-11-18(21(24)23-9-7-19-6-4-10-25-19)12-16(2)20(15)26-14-17-5-3-8-22-13-17/h3,5,8,11-13,19H,4,6-7,9-10,14H2,1-2H3,(H,23,24)/t19-/m1/s1. The number of carbonyl (C=O) groups is 1. The number of benzene rings is 1. The lowest BCUT2D eigenvalue weighted by atomic mass is 10.0. The van der Waals surface area contributed by atoms with E-state index in [4.69, 9.17) is 9.47 Å². The lowest BCUT2D eigenvalue weighted by molar-refractivity contribution is 0.0907. The van der Waals surface area contributed by atoms with Crippen LogP contribution in [0.4, 0.5) is 0 Å². The molecule has 3 rings (SSSR count).